The summed E-state index contributed by atoms with van der Waals surface area (Å²) >= 11 is 0. The normalized spacial score (nSPS) is 11.8. The molecule has 0 radical (unpaired) electrons. The second kappa shape index (κ2) is 11.0. The average Bonchev–Trinajstić information content (AvgIpc) is 3.16. The lowest BCUT2D eigenvalue weighted by molar-refractivity contribution is -0.121. The van der Waals surface area contributed by atoms with Gasteiger partial charge in [-0.05, 0) is 42.3 Å². The number of unbranched alkanes of at least 4 members (excludes halogenated alkanes) is 1. The largest absolute Gasteiger partial charge is 0.494 e. The minimum Gasteiger partial charge on any atom is -0.494 e. The van der Waals surface area contributed by atoms with Gasteiger partial charge in [0.2, 0.25) is 15.9 Å². The number of nitrogens with zero attached hydrogens (tertiary/aromatic N) is 3. The summed E-state index contributed by atoms with van der Waals surface area (Å²) in [5, 5.41) is 2.80. The molecule has 0 aliphatic rings. The SMILES string of the molecule is CCCCn1c(CCC(=O)NCc2ccc(OC)c(F)c2)nc2cc(S(=O)(=O)N(C)C)ccc21. The van der Waals surface area contributed by atoms with Gasteiger partial charge in [-0.1, -0.05) is 19.4 Å². The molecule has 0 fully saturated rings. The average molecular weight is 491 g/mol. The number of benzene rings is 2. The van der Waals surface area contributed by atoms with Gasteiger partial charge in [0.25, 0.3) is 0 Å². The van der Waals surface area contributed by atoms with E-state index in [1.807, 2.05) is 0 Å². The smallest absolute Gasteiger partial charge is 0.242 e. The number of ether oxygens (including phenoxy) is 1. The Labute approximate surface area is 199 Å². The molecular weight excluding hydrogens is 459 g/mol. The van der Waals surface area contributed by atoms with Crippen molar-refractivity contribution in [1.82, 2.24) is 19.2 Å². The van der Waals surface area contributed by atoms with Crippen LogP contribution in [0.2, 0.25) is 0 Å². The minimum atomic E-state index is -3.57. The molecule has 0 aliphatic heterocycles. The first-order valence-corrected chi connectivity index (χ1v) is 12.6. The van der Waals surface area contributed by atoms with Crippen molar-refractivity contribution in [3.8, 4) is 5.75 Å². The highest BCUT2D eigenvalue weighted by molar-refractivity contribution is 7.89. The van der Waals surface area contributed by atoms with Crippen LogP contribution in [0, 0.1) is 5.82 Å². The fourth-order valence-electron chi connectivity index (χ4n) is 3.62. The first-order chi connectivity index (χ1) is 16.2. The van der Waals surface area contributed by atoms with Gasteiger partial charge in [-0.15, -0.1) is 0 Å². The summed E-state index contributed by atoms with van der Waals surface area (Å²) in [6.07, 6.45) is 2.53. The molecule has 2 aromatic carbocycles. The molecule has 1 N–H and O–H groups in total. The lowest BCUT2D eigenvalue weighted by atomic mass is 10.2. The maximum Gasteiger partial charge on any atom is 0.242 e. The van der Waals surface area contributed by atoms with Gasteiger partial charge in [-0.25, -0.2) is 22.1 Å². The molecule has 0 saturated carbocycles. The van der Waals surface area contributed by atoms with E-state index < -0.39 is 15.8 Å². The van der Waals surface area contributed by atoms with Crippen LogP contribution >= 0.6 is 0 Å². The fourth-order valence-corrected chi connectivity index (χ4v) is 4.54. The zero-order valence-electron chi connectivity index (χ0n) is 20.0. The van der Waals surface area contributed by atoms with Crippen LogP contribution in [0.25, 0.3) is 11.0 Å². The number of fused-ring (bicyclic) bond motifs is 1. The Morgan fingerprint density at radius 2 is 1.97 bits per heavy atom. The fraction of sp³-hybridized carbons (Fsp3) is 0.417. The van der Waals surface area contributed by atoms with Crippen molar-refractivity contribution in [3.63, 3.8) is 0 Å². The van der Waals surface area contributed by atoms with E-state index >= 15 is 0 Å². The van der Waals surface area contributed by atoms with Crippen LogP contribution in [0.4, 0.5) is 4.39 Å². The first-order valence-electron chi connectivity index (χ1n) is 11.2. The standard InChI is InChI=1S/C24H31FN4O4S/c1-5-6-13-29-21-9-8-18(34(31,32)28(2)3)15-20(21)27-23(29)11-12-24(30)26-16-17-7-10-22(33-4)19(25)14-17/h7-10,14-15H,5-6,11-13,16H2,1-4H3,(H,26,30). The molecule has 10 heteroatoms. The summed E-state index contributed by atoms with van der Waals surface area (Å²) in [6, 6.07) is 9.50. The predicted octanol–water partition coefficient (Wildman–Crippen LogP) is 3.48. The highest BCUT2D eigenvalue weighted by atomic mass is 32.2. The Morgan fingerprint density at radius 3 is 2.62 bits per heavy atom. The van der Waals surface area contributed by atoms with E-state index in [1.165, 1.54) is 37.6 Å². The van der Waals surface area contributed by atoms with Crippen LogP contribution in [0.15, 0.2) is 41.3 Å². The van der Waals surface area contributed by atoms with Crippen molar-refractivity contribution >= 4 is 27.0 Å². The Morgan fingerprint density at radius 1 is 1.21 bits per heavy atom. The van der Waals surface area contributed by atoms with Gasteiger partial charge in [0.1, 0.15) is 5.82 Å². The van der Waals surface area contributed by atoms with E-state index in [9.17, 15) is 17.6 Å². The third-order valence-corrected chi connectivity index (χ3v) is 7.41. The number of carbonyl (C=O) groups is 1. The second-order valence-electron chi connectivity index (χ2n) is 8.22. The van der Waals surface area contributed by atoms with E-state index in [0.717, 1.165) is 30.7 Å². The number of hydrogen-bond acceptors (Lipinski definition) is 5. The summed E-state index contributed by atoms with van der Waals surface area (Å²) in [7, 11) is 0.808. The monoisotopic (exact) mass is 490 g/mol. The molecule has 0 unspecified atom stereocenters. The van der Waals surface area contributed by atoms with E-state index in [2.05, 4.69) is 21.8 Å². The summed E-state index contributed by atoms with van der Waals surface area (Å²) < 4.78 is 47.0. The third-order valence-electron chi connectivity index (χ3n) is 5.59. The summed E-state index contributed by atoms with van der Waals surface area (Å²) in [6.45, 7) is 3.03. The van der Waals surface area contributed by atoms with Crippen molar-refractivity contribution in [3.05, 3.63) is 53.6 Å². The van der Waals surface area contributed by atoms with E-state index in [4.69, 9.17) is 4.74 Å². The Kier molecular flexibility index (Phi) is 8.27. The van der Waals surface area contributed by atoms with Gasteiger partial charge >= 0.3 is 0 Å². The van der Waals surface area contributed by atoms with Gasteiger partial charge in [0.15, 0.2) is 11.6 Å². The van der Waals surface area contributed by atoms with Crippen LogP contribution in [0.1, 0.15) is 37.6 Å². The molecule has 0 atom stereocenters. The number of amides is 1. The third kappa shape index (κ3) is 5.74. The topological polar surface area (TPSA) is 93.5 Å². The van der Waals surface area contributed by atoms with Crippen molar-refractivity contribution in [2.24, 2.45) is 0 Å². The highest BCUT2D eigenvalue weighted by Gasteiger charge is 2.20. The number of nitrogens with one attached hydrogen (secondary N) is 1. The van der Waals surface area contributed by atoms with E-state index in [1.54, 1.807) is 24.3 Å². The molecule has 1 heterocycles. The second-order valence-corrected chi connectivity index (χ2v) is 10.4. The number of halogens is 1. The Balaban J connectivity index is 1.74. The van der Waals surface area contributed by atoms with Crippen LogP contribution in [0.3, 0.4) is 0 Å². The zero-order chi connectivity index (χ0) is 24.9. The number of rotatable bonds is 11. The maximum atomic E-state index is 13.8. The molecule has 3 aromatic rings. The Bertz CT molecular complexity index is 1270. The van der Waals surface area contributed by atoms with Crippen molar-refractivity contribution in [1.29, 1.82) is 0 Å². The van der Waals surface area contributed by atoms with E-state index in [0.29, 0.717) is 17.5 Å². The number of imidazole rings is 1. The van der Waals surface area contributed by atoms with Gasteiger partial charge < -0.3 is 14.6 Å². The van der Waals surface area contributed by atoms with Gasteiger partial charge in [-0.2, -0.15) is 0 Å². The van der Waals surface area contributed by atoms with Gasteiger partial charge in [0, 0.05) is 40.0 Å². The molecular formula is C24H31FN4O4S. The lowest BCUT2D eigenvalue weighted by Gasteiger charge is -2.11. The molecule has 8 nitrogen and oxygen atoms in total. The molecule has 3 rings (SSSR count). The molecule has 1 aromatic heterocycles. The van der Waals surface area contributed by atoms with Crippen LogP contribution in [-0.2, 0) is 34.3 Å². The van der Waals surface area contributed by atoms with E-state index in [-0.39, 0.29) is 29.5 Å². The minimum absolute atomic E-state index is 0.155. The molecule has 0 aliphatic carbocycles. The maximum absolute atomic E-state index is 13.8. The quantitative estimate of drug-likeness (QED) is 0.444. The van der Waals surface area contributed by atoms with Crippen molar-refractivity contribution < 1.29 is 22.3 Å². The number of aromatic nitrogens is 2. The van der Waals surface area contributed by atoms with Gasteiger partial charge in [-0.3, -0.25) is 4.79 Å². The predicted molar refractivity (Wildman–Crippen MR) is 129 cm³/mol. The van der Waals surface area contributed by atoms with Gasteiger partial charge in [0.05, 0.1) is 23.0 Å². The Hall–Kier alpha value is -2.98. The lowest BCUT2D eigenvalue weighted by Crippen LogP contribution is -2.23. The molecule has 0 spiro atoms. The van der Waals surface area contributed by atoms with Crippen molar-refractivity contribution in [2.75, 3.05) is 21.2 Å². The number of methoxy groups -OCH3 is 1. The van der Waals surface area contributed by atoms with Crippen LogP contribution in [0.5, 0.6) is 5.75 Å². The highest BCUT2D eigenvalue weighted by Crippen LogP contribution is 2.23. The number of carbonyl (C=O) groups excluding carboxylic acids is 1. The number of aryl methyl sites for hydroxylation is 2. The summed E-state index contributed by atoms with van der Waals surface area (Å²) in [4.78, 5) is 17.3. The van der Waals surface area contributed by atoms with Crippen molar-refractivity contribution in [2.45, 2.75) is 50.6 Å². The molecule has 184 valence electrons. The van der Waals surface area contributed by atoms with Crippen LogP contribution < -0.4 is 10.1 Å². The molecule has 34 heavy (non-hydrogen) atoms. The zero-order valence-corrected chi connectivity index (χ0v) is 20.8. The first kappa shape index (κ1) is 25.6. The number of sulfonamides is 1. The summed E-state index contributed by atoms with van der Waals surface area (Å²) in [5.41, 5.74) is 2.06. The molecule has 0 saturated heterocycles. The van der Waals surface area contributed by atoms with Crippen LogP contribution in [-0.4, -0.2) is 49.4 Å². The number of hydrogen-bond donors (Lipinski definition) is 1. The molecule has 0 bridgehead atoms. The summed E-state index contributed by atoms with van der Waals surface area (Å²) in [5.74, 6) is 0.229. The molecule has 1 amide bonds.